The SMILES string of the molecule is COc1cc2c(Nc3ncc(CC(=O)Nc4cc(F)cc(F)c4)s3)ncnc2cc1OCCCN1CCN(CCO)CC1. The lowest BCUT2D eigenvalue weighted by atomic mass is 10.2. The van der Waals surface area contributed by atoms with Crippen LogP contribution < -0.4 is 20.1 Å². The number of ether oxygens (including phenoxy) is 2. The molecule has 11 nitrogen and oxygen atoms in total. The van der Waals surface area contributed by atoms with Crippen molar-refractivity contribution >= 4 is 44.8 Å². The third-order valence-electron chi connectivity index (χ3n) is 6.94. The number of aliphatic hydroxyl groups is 1. The van der Waals surface area contributed by atoms with Gasteiger partial charge < -0.3 is 30.1 Å². The zero-order valence-electron chi connectivity index (χ0n) is 23.7. The van der Waals surface area contributed by atoms with Crippen LogP contribution in [-0.4, -0.2) is 95.4 Å². The fourth-order valence-electron chi connectivity index (χ4n) is 4.82. The van der Waals surface area contributed by atoms with Crippen molar-refractivity contribution in [3.8, 4) is 11.5 Å². The average molecular weight is 614 g/mol. The molecule has 0 atom stereocenters. The van der Waals surface area contributed by atoms with Gasteiger partial charge in [0.05, 0.1) is 32.3 Å². The van der Waals surface area contributed by atoms with Gasteiger partial charge in [0.2, 0.25) is 5.91 Å². The molecule has 5 rings (SSSR count). The molecule has 0 saturated carbocycles. The predicted molar refractivity (Wildman–Crippen MR) is 160 cm³/mol. The van der Waals surface area contributed by atoms with E-state index in [1.807, 2.05) is 12.1 Å². The van der Waals surface area contributed by atoms with Crippen LogP contribution in [0.1, 0.15) is 11.3 Å². The quantitative estimate of drug-likeness (QED) is 0.192. The number of rotatable bonds is 13. The number of thiazole rings is 1. The molecule has 228 valence electrons. The molecule has 2 aromatic carbocycles. The van der Waals surface area contributed by atoms with E-state index in [2.05, 4.69) is 35.4 Å². The zero-order valence-corrected chi connectivity index (χ0v) is 24.5. The summed E-state index contributed by atoms with van der Waals surface area (Å²) in [5.74, 6) is -0.317. The Morgan fingerprint density at radius 2 is 1.74 bits per heavy atom. The third-order valence-corrected chi connectivity index (χ3v) is 7.85. The molecule has 1 saturated heterocycles. The van der Waals surface area contributed by atoms with Gasteiger partial charge in [-0.05, 0) is 24.6 Å². The van der Waals surface area contributed by atoms with Crippen molar-refractivity contribution in [2.45, 2.75) is 12.8 Å². The van der Waals surface area contributed by atoms with E-state index in [-0.39, 0.29) is 18.7 Å². The standard InChI is InChI=1S/C29H33F2N7O4S/c1-41-25-15-23-24(16-26(25)42-10-2-3-37-4-6-38(7-5-37)8-9-39)33-18-34-28(23)36-29-32-17-22(43-29)14-27(40)35-21-12-19(30)11-20(31)13-21/h11-13,15-18,39H,2-10,14H2,1H3,(H,35,40)(H,32,33,34,36). The number of fused-ring (bicyclic) bond motifs is 1. The number of piperazine rings is 1. The molecule has 14 heteroatoms. The molecule has 1 amide bonds. The Bertz CT molecular complexity index is 1530. The number of nitrogens with zero attached hydrogens (tertiary/aromatic N) is 5. The molecular weight excluding hydrogens is 580 g/mol. The van der Waals surface area contributed by atoms with Gasteiger partial charge in [-0.1, -0.05) is 0 Å². The number of carbonyl (C=O) groups excluding carboxylic acids is 1. The minimum atomic E-state index is -0.771. The molecule has 0 radical (unpaired) electrons. The molecule has 1 aliphatic rings. The van der Waals surface area contributed by atoms with Gasteiger partial charge >= 0.3 is 0 Å². The Kier molecular flexibility index (Phi) is 10.3. The summed E-state index contributed by atoms with van der Waals surface area (Å²) in [5, 5.41) is 16.0. The highest BCUT2D eigenvalue weighted by atomic mass is 32.1. The van der Waals surface area contributed by atoms with Gasteiger partial charge in [-0.3, -0.25) is 9.69 Å². The van der Waals surface area contributed by atoms with Gasteiger partial charge in [-0.25, -0.2) is 23.7 Å². The van der Waals surface area contributed by atoms with Crippen LogP contribution in [-0.2, 0) is 11.2 Å². The molecule has 0 aliphatic carbocycles. The van der Waals surface area contributed by atoms with E-state index >= 15 is 0 Å². The van der Waals surface area contributed by atoms with E-state index in [1.54, 1.807) is 13.3 Å². The number of anilines is 3. The van der Waals surface area contributed by atoms with Gasteiger partial charge in [0.1, 0.15) is 23.8 Å². The van der Waals surface area contributed by atoms with Gasteiger partial charge in [-0.2, -0.15) is 0 Å². The first-order valence-electron chi connectivity index (χ1n) is 13.9. The normalized spacial score (nSPS) is 14.1. The van der Waals surface area contributed by atoms with Crippen LogP contribution in [0.25, 0.3) is 10.9 Å². The Morgan fingerprint density at radius 3 is 2.47 bits per heavy atom. The average Bonchev–Trinajstić information content (AvgIpc) is 3.41. The maximum Gasteiger partial charge on any atom is 0.229 e. The van der Waals surface area contributed by atoms with Gasteiger partial charge in [0.25, 0.3) is 0 Å². The minimum absolute atomic E-state index is 0.0174. The van der Waals surface area contributed by atoms with Gasteiger partial charge in [-0.15, -0.1) is 11.3 Å². The zero-order chi connectivity index (χ0) is 30.2. The second-order valence-corrected chi connectivity index (χ2v) is 11.1. The van der Waals surface area contributed by atoms with E-state index < -0.39 is 17.5 Å². The van der Waals surface area contributed by atoms with Crippen LogP contribution in [0.3, 0.4) is 0 Å². The lowest BCUT2D eigenvalue weighted by Crippen LogP contribution is -2.47. The van der Waals surface area contributed by atoms with E-state index in [4.69, 9.17) is 14.6 Å². The highest BCUT2D eigenvalue weighted by molar-refractivity contribution is 7.15. The number of amides is 1. The van der Waals surface area contributed by atoms with Crippen LogP contribution in [0.5, 0.6) is 11.5 Å². The topological polar surface area (TPSA) is 125 Å². The molecule has 4 aromatic rings. The lowest BCUT2D eigenvalue weighted by Gasteiger charge is -2.34. The largest absolute Gasteiger partial charge is 0.493 e. The molecule has 43 heavy (non-hydrogen) atoms. The van der Waals surface area contributed by atoms with E-state index in [0.717, 1.165) is 63.9 Å². The summed E-state index contributed by atoms with van der Waals surface area (Å²) in [6, 6.07) is 6.48. The van der Waals surface area contributed by atoms with Crippen LogP contribution in [0.4, 0.5) is 25.4 Å². The Morgan fingerprint density at radius 1 is 1.00 bits per heavy atom. The molecule has 0 bridgehead atoms. The number of benzene rings is 2. The summed E-state index contributed by atoms with van der Waals surface area (Å²) in [4.78, 5) is 30.8. The molecule has 0 unspecified atom stereocenters. The van der Waals surface area contributed by atoms with E-state index in [1.165, 1.54) is 17.7 Å². The molecule has 2 aromatic heterocycles. The van der Waals surface area contributed by atoms with Crippen molar-refractivity contribution < 1.29 is 28.2 Å². The molecule has 0 spiro atoms. The van der Waals surface area contributed by atoms with Crippen LogP contribution >= 0.6 is 11.3 Å². The number of hydrogen-bond acceptors (Lipinski definition) is 11. The number of hydrogen-bond donors (Lipinski definition) is 3. The summed E-state index contributed by atoms with van der Waals surface area (Å²) in [5.41, 5.74) is 0.704. The summed E-state index contributed by atoms with van der Waals surface area (Å²) >= 11 is 1.26. The maximum absolute atomic E-state index is 13.4. The van der Waals surface area contributed by atoms with Crippen molar-refractivity contribution in [3.63, 3.8) is 0 Å². The van der Waals surface area contributed by atoms with Crippen molar-refractivity contribution in [1.82, 2.24) is 24.8 Å². The number of nitrogens with one attached hydrogen (secondary N) is 2. The first-order valence-corrected chi connectivity index (χ1v) is 14.7. The fraction of sp³-hybridized carbons (Fsp3) is 0.379. The first kappa shape index (κ1) is 30.5. The summed E-state index contributed by atoms with van der Waals surface area (Å²) < 4.78 is 38.5. The van der Waals surface area contributed by atoms with Crippen molar-refractivity contribution in [1.29, 1.82) is 0 Å². The van der Waals surface area contributed by atoms with Crippen LogP contribution in [0.2, 0.25) is 0 Å². The molecule has 3 N–H and O–H groups in total. The van der Waals surface area contributed by atoms with Crippen molar-refractivity contribution in [3.05, 3.63) is 59.4 Å². The van der Waals surface area contributed by atoms with Crippen LogP contribution in [0.15, 0.2) is 42.9 Å². The monoisotopic (exact) mass is 613 g/mol. The second-order valence-electron chi connectivity index (χ2n) is 9.99. The smallest absolute Gasteiger partial charge is 0.229 e. The third kappa shape index (κ3) is 8.32. The van der Waals surface area contributed by atoms with E-state index in [0.29, 0.717) is 44.8 Å². The Balaban J connectivity index is 1.18. The number of aromatic nitrogens is 3. The second kappa shape index (κ2) is 14.5. The van der Waals surface area contributed by atoms with Gasteiger partial charge in [0.15, 0.2) is 16.6 Å². The molecule has 1 aliphatic heterocycles. The Hall–Kier alpha value is -3.98. The number of β-amino-alcohol motifs (C(OH)–C–C–N with tert-alkyl or cyclic N) is 1. The lowest BCUT2D eigenvalue weighted by molar-refractivity contribution is -0.115. The van der Waals surface area contributed by atoms with Crippen molar-refractivity contribution in [2.75, 3.05) is 70.2 Å². The summed E-state index contributed by atoms with van der Waals surface area (Å²) in [6.45, 7) is 6.27. The number of halogens is 2. The Labute approximate surface area is 251 Å². The number of aliphatic hydroxyl groups excluding tert-OH is 1. The predicted octanol–water partition coefficient (Wildman–Crippen LogP) is 3.68. The highest BCUT2D eigenvalue weighted by Crippen LogP contribution is 2.35. The van der Waals surface area contributed by atoms with Gasteiger partial charge in [0, 0.05) is 73.5 Å². The summed E-state index contributed by atoms with van der Waals surface area (Å²) in [7, 11) is 1.58. The van der Waals surface area contributed by atoms with E-state index in [9.17, 15) is 13.6 Å². The highest BCUT2D eigenvalue weighted by Gasteiger charge is 2.17. The number of carbonyl (C=O) groups is 1. The molecular formula is C29H33F2N7O4S. The summed E-state index contributed by atoms with van der Waals surface area (Å²) in [6.07, 6.45) is 3.85. The fourth-order valence-corrected chi connectivity index (χ4v) is 5.63. The maximum atomic E-state index is 13.4. The molecule has 1 fully saturated rings. The minimum Gasteiger partial charge on any atom is -0.493 e. The van der Waals surface area contributed by atoms with Crippen molar-refractivity contribution in [2.24, 2.45) is 0 Å². The first-order chi connectivity index (χ1) is 20.9. The number of methoxy groups -OCH3 is 1. The molecule has 3 heterocycles. The van der Waals surface area contributed by atoms with Crippen LogP contribution in [0, 0.1) is 11.6 Å².